The molecule has 2 amide bonds. The Morgan fingerprint density at radius 3 is 2.26 bits per heavy atom. The van der Waals surface area contributed by atoms with E-state index < -0.39 is 0 Å². The molecule has 0 unspecified atom stereocenters. The number of hydrogen-bond donors (Lipinski definition) is 1. The van der Waals surface area contributed by atoms with Crippen molar-refractivity contribution in [2.75, 3.05) is 19.0 Å². The lowest BCUT2D eigenvalue weighted by atomic mass is 9.92. The summed E-state index contributed by atoms with van der Waals surface area (Å²) in [5.41, 5.74) is 3.93. The number of ether oxygens (including phenoxy) is 1. The second-order valence-corrected chi connectivity index (χ2v) is 10.3. The first-order valence-electron chi connectivity index (χ1n) is 12.6. The van der Waals surface area contributed by atoms with E-state index in [1.807, 2.05) is 73.7 Å². The number of nitrogens with zero attached hydrogens (tertiary/aromatic N) is 3. The molecule has 0 spiro atoms. The van der Waals surface area contributed by atoms with Crippen LogP contribution in [0.3, 0.4) is 0 Å². The third-order valence-corrected chi connectivity index (χ3v) is 6.20. The number of anilines is 1. The topological polar surface area (TPSA) is 76.5 Å². The first-order valence-corrected chi connectivity index (χ1v) is 12.6. The molecule has 0 aliphatic heterocycles. The van der Waals surface area contributed by atoms with E-state index in [-0.39, 0.29) is 30.3 Å². The van der Waals surface area contributed by atoms with Gasteiger partial charge in [-0.25, -0.2) is 4.68 Å². The van der Waals surface area contributed by atoms with Crippen LogP contribution in [0.5, 0.6) is 5.75 Å². The lowest BCUT2D eigenvalue weighted by Gasteiger charge is -2.23. The minimum absolute atomic E-state index is 0.143. The number of carbonyl (C=O) groups is 2. The number of para-hydroxylation sites is 1. The van der Waals surface area contributed by atoms with E-state index >= 15 is 0 Å². The molecule has 196 valence electrons. The van der Waals surface area contributed by atoms with Crippen molar-refractivity contribution < 1.29 is 14.3 Å². The van der Waals surface area contributed by atoms with Gasteiger partial charge in [-0.2, -0.15) is 5.10 Å². The zero-order valence-electron chi connectivity index (χ0n) is 22.6. The molecule has 38 heavy (non-hydrogen) atoms. The van der Waals surface area contributed by atoms with E-state index in [4.69, 9.17) is 9.84 Å². The average molecular weight is 511 g/mol. The molecular formula is C31H34N4O3. The van der Waals surface area contributed by atoms with E-state index in [9.17, 15) is 9.59 Å². The highest BCUT2D eigenvalue weighted by molar-refractivity contribution is 6.00. The number of carbonyl (C=O) groups excluding carboxylic acids is 2. The summed E-state index contributed by atoms with van der Waals surface area (Å²) in [6.45, 7) is 8.39. The van der Waals surface area contributed by atoms with Crippen LogP contribution >= 0.6 is 0 Å². The molecule has 1 N–H and O–H groups in total. The number of rotatable bonds is 8. The second kappa shape index (κ2) is 11.3. The molecular weight excluding hydrogens is 476 g/mol. The molecule has 0 radical (unpaired) electrons. The number of aryl methyl sites for hydroxylation is 1. The molecule has 7 nitrogen and oxygen atoms in total. The molecule has 0 fully saturated rings. The van der Waals surface area contributed by atoms with Crippen molar-refractivity contribution in [3.05, 3.63) is 107 Å². The number of amides is 2. The quantitative estimate of drug-likeness (QED) is 0.327. The van der Waals surface area contributed by atoms with Gasteiger partial charge >= 0.3 is 0 Å². The van der Waals surface area contributed by atoms with Crippen molar-refractivity contribution in [2.45, 2.75) is 39.7 Å². The summed E-state index contributed by atoms with van der Waals surface area (Å²) in [6, 6.07) is 26.5. The highest BCUT2D eigenvalue weighted by Gasteiger charge is 2.25. The molecule has 4 rings (SSSR count). The van der Waals surface area contributed by atoms with E-state index in [1.54, 1.807) is 22.9 Å². The first-order chi connectivity index (χ1) is 18.2. The Bertz CT molecular complexity index is 1400. The minimum atomic E-state index is -0.321. The Balaban J connectivity index is 1.63. The smallest absolute Gasteiger partial charge is 0.258 e. The predicted molar refractivity (Wildman–Crippen MR) is 150 cm³/mol. The van der Waals surface area contributed by atoms with Crippen LogP contribution in [0.25, 0.3) is 5.69 Å². The second-order valence-electron chi connectivity index (χ2n) is 10.3. The maximum atomic E-state index is 13.6. The predicted octanol–water partition coefficient (Wildman–Crippen LogP) is 5.77. The first kappa shape index (κ1) is 26.7. The fourth-order valence-electron chi connectivity index (χ4n) is 4.07. The standard InChI is InChI=1S/C31H34N4O3/c1-22-15-17-24(18-16-22)35-28(19-27(33-35)31(2,3)4)32-29(36)21-34(20-23-11-7-6-8-12-23)30(37)25-13-9-10-14-26(25)38-5/h6-19H,20-21H2,1-5H3,(H,32,36). The molecule has 0 aliphatic carbocycles. The summed E-state index contributed by atoms with van der Waals surface area (Å²) in [7, 11) is 1.53. The van der Waals surface area contributed by atoms with Crippen molar-refractivity contribution in [3.8, 4) is 11.4 Å². The molecule has 0 atom stereocenters. The third-order valence-electron chi connectivity index (χ3n) is 6.20. The molecule has 0 bridgehead atoms. The van der Waals surface area contributed by atoms with Crippen LogP contribution in [0.1, 0.15) is 48.0 Å². The van der Waals surface area contributed by atoms with Gasteiger partial charge in [-0.1, -0.05) is 80.9 Å². The maximum Gasteiger partial charge on any atom is 0.258 e. The maximum absolute atomic E-state index is 13.6. The summed E-state index contributed by atoms with van der Waals surface area (Å²) >= 11 is 0. The molecule has 0 aliphatic rings. The summed E-state index contributed by atoms with van der Waals surface area (Å²) in [5.74, 6) is 0.401. The molecule has 3 aromatic carbocycles. The highest BCUT2D eigenvalue weighted by Crippen LogP contribution is 2.27. The van der Waals surface area contributed by atoms with Crippen molar-refractivity contribution in [1.82, 2.24) is 14.7 Å². The van der Waals surface area contributed by atoms with E-state index in [1.165, 1.54) is 12.0 Å². The van der Waals surface area contributed by atoms with Gasteiger partial charge in [0.25, 0.3) is 5.91 Å². The van der Waals surface area contributed by atoms with Gasteiger partial charge in [-0.15, -0.1) is 0 Å². The van der Waals surface area contributed by atoms with Crippen LogP contribution in [0.2, 0.25) is 0 Å². The number of hydrogen-bond acceptors (Lipinski definition) is 4. The summed E-state index contributed by atoms with van der Waals surface area (Å²) in [5, 5.41) is 7.80. The minimum Gasteiger partial charge on any atom is -0.496 e. The van der Waals surface area contributed by atoms with Gasteiger partial charge in [-0.05, 0) is 36.8 Å². The molecule has 1 heterocycles. The van der Waals surface area contributed by atoms with Crippen LogP contribution in [-0.4, -0.2) is 40.1 Å². The van der Waals surface area contributed by atoms with Gasteiger partial charge in [0.15, 0.2) is 0 Å². The van der Waals surface area contributed by atoms with E-state index in [0.29, 0.717) is 17.1 Å². The SMILES string of the molecule is COc1ccccc1C(=O)N(CC(=O)Nc1cc(C(C)(C)C)nn1-c1ccc(C)cc1)Cc1ccccc1. The zero-order chi connectivity index (χ0) is 27.3. The Labute approximate surface area is 224 Å². The van der Waals surface area contributed by atoms with Gasteiger partial charge in [-0.3, -0.25) is 9.59 Å². The molecule has 0 saturated heterocycles. The van der Waals surface area contributed by atoms with Crippen molar-refractivity contribution >= 4 is 17.6 Å². The molecule has 1 aromatic heterocycles. The fraction of sp³-hybridized carbons (Fsp3) is 0.258. The largest absolute Gasteiger partial charge is 0.496 e. The molecule has 4 aromatic rings. The summed E-state index contributed by atoms with van der Waals surface area (Å²) < 4.78 is 7.15. The lowest BCUT2D eigenvalue weighted by molar-refractivity contribution is -0.117. The summed E-state index contributed by atoms with van der Waals surface area (Å²) in [4.78, 5) is 28.6. The van der Waals surface area contributed by atoms with E-state index in [2.05, 4.69) is 26.1 Å². The van der Waals surface area contributed by atoms with Gasteiger partial charge < -0.3 is 15.0 Å². The number of nitrogens with one attached hydrogen (secondary N) is 1. The lowest BCUT2D eigenvalue weighted by Crippen LogP contribution is -2.38. The monoisotopic (exact) mass is 510 g/mol. The van der Waals surface area contributed by atoms with Gasteiger partial charge in [0.1, 0.15) is 18.1 Å². The zero-order valence-corrected chi connectivity index (χ0v) is 22.6. The van der Waals surface area contributed by atoms with Crippen LogP contribution in [0.4, 0.5) is 5.82 Å². The van der Waals surface area contributed by atoms with Crippen molar-refractivity contribution in [1.29, 1.82) is 0 Å². The Morgan fingerprint density at radius 2 is 1.61 bits per heavy atom. The van der Waals surface area contributed by atoms with Crippen LogP contribution < -0.4 is 10.1 Å². The fourth-order valence-corrected chi connectivity index (χ4v) is 4.07. The average Bonchev–Trinajstić information content (AvgIpc) is 3.33. The van der Waals surface area contributed by atoms with Gasteiger partial charge in [0.05, 0.1) is 24.1 Å². The van der Waals surface area contributed by atoms with Crippen molar-refractivity contribution in [2.24, 2.45) is 0 Å². The molecule has 0 saturated carbocycles. The van der Waals surface area contributed by atoms with Gasteiger partial charge in [0.2, 0.25) is 5.91 Å². The third kappa shape index (κ3) is 6.29. The van der Waals surface area contributed by atoms with E-state index in [0.717, 1.165) is 22.5 Å². The van der Waals surface area contributed by atoms with Crippen LogP contribution in [-0.2, 0) is 16.8 Å². The van der Waals surface area contributed by atoms with Gasteiger partial charge in [0, 0.05) is 18.0 Å². The number of methoxy groups -OCH3 is 1. The highest BCUT2D eigenvalue weighted by atomic mass is 16.5. The van der Waals surface area contributed by atoms with Crippen LogP contribution in [0, 0.1) is 6.92 Å². The summed E-state index contributed by atoms with van der Waals surface area (Å²) in [6.07, 6.45) is 0. The Morgan fingerprint density at radius 1 is 0.947 bits per heavy atom. The Hall–Kier alpha value is -4.39. The number of aromatic nitrogens is 2. The normalized spacial score (nSPS) is 11.2. The molecule has 7 heteroatoms. The number of benzene rings is 3. The van der Waals surface area contributed by atoms with Crippen molar-refractivity contribution in [3.63, 3.8) is 0 Å². The van der Waals surface area contributed by atoms with Crippen LogP contribution in [0.15, 0.2) is 84.9 Å². The Kier molecular flexibility index (Phi) is 7.96.